The third kappa shape index (κ3) is 1.79. The topological polar surface area (TPSA) is 20.2 Å². The molecular formula is C19H26O. The molecule has 0 spiro atoms. The first-order valence-corrected chi connectivity index (χ1v) is 7.83. The van der Waals surface area contributed by atoms with Crippen molar-refractivity contribution in [2.75, 3.05) is 0 Å². The number of hydrogen-bond acceptors (Lipinski definition) is 1. The molecular weight excluding hydrogens is 244 g/mol. The van der Waals surface area contributed by atoms with Gasteiger partial charge < -0.3 is 5.11 Å². The standard InChI is InChI=1S/C19H26O/c1-13(14-8-6-5-7-9-14)12-16-18(2,3)15-10-11-19(16,4)17(15)20/h5-9,12-13,15,17,20H,10-11H2,1-4H3/b16-12+/t13?,15-,17+,19-/m1/s1. The van der Waals surface area contributed by atoms with Crippen molar-refractivity contribution in [1.82, 2.24) is 0 Å². The van der Waals surface area contributed by atoms with Gasteiger partial charge in [0.1, 0.15) is 0 Å². The summed E-state index contributed by atoms with van der Waals surface area (Å²) in [4.78, 5) is 0. The molecule has 1 unspecified atom stereocenters. The maximum Gasteiger partial charge on any atom is 0.0667 e. The van der Waals surface area contributed by atoms with Crippen molar-refractivity contribution in [2.45, 2.75) is 52.6 Å². The zero-order chi connectivity index (χ0) is 14.5. The lowest BCUT2D eigenvalue weighted by atomic mass is 9.67. The summed E-state index contributed by atoms with van der Waals surface area (Å²) in [6.45, 7) is 9.15. The largest absolute Gasteiger partial charge is 0.392 e. The van der Waals surface area contributed by atoms with E-state index in [-0.39, 0.29) is 16.9 Å². The van der Waals surface area contributed by atoms with Crippen LogP contribution in [0, 0.1) is 16.7 Å². The summed E-state index contributed by atoms with van der Waals surface area (Å²) >= 11 is 0. The SMILES string of the molecule is CC(/C=C1\C(C)(C)[C@@H]2CC[C@@]1(C)[C@H]2O)c1ccccc1. The molecule has 0 aliphatic heterocycles. The van der Waals surface area contributed by atoms with Crippen LogP contribution in [0.4, 0.5) is 0 Å². The first-order chi connectivity index (χ1) is 9.37. The molecule has 2 aliphatic rings. The Bertz CT molecular complexity index is 528. The molecule has 0 heterocycles. The molecule has 4 atom stereocenters. The molecule has 3 rings (SSSR count). The number of benzene rings is 1. The van der Waals surface area contributed by atoms with Gasteiger partial charge in [-0.2, -0.15) is 0 Å². The van der Waals surface area contributed by atoms with Crippen molar-refractivity contribution in [3.63, 3.8) is 0 Å². The first-order valence-electron chi connectivity index (χ1n) is 7.83. The Morgan fingerprint density at radius 3 is 2.40 bits per heavy atom. The van der Waals surface area contributed by atoms with Gasteiger partial charge in [0.2, 0.25) is 0 Å². The Kier molecular flexibility index (Phi) is 3.10. The zero-order valence-electron chi connectivity index (χ0n) is 13.1. The number of rotatable bonds is 2. The van der Waals surface area contributed by atoms with Gasteiger partial charge in [0.25, 0.3) is 0 Å². The molecule has 1 aromatic rings. The van der Waals surface area contributed by atoms with E-state index in [1.165, 1.54) is 17.6 Å². The lowest BCUT2D eigenvalue weighted by Gasteiger charge is -2.37. The molecule has 1 heteroatoms. The molecule has 1 N–H and O–H groups in total. The highest BCUT2D eigenvalue weighted by atomic mass is 16.3. The molecule has 2 aliphatic carbocycles. The van der Waals surface area contributed by atoms with E-state index in [1.807, 2.05) is 0 Å². The minimum atomic E-state index is -0.160. The molecule has 1 aromatic carbocycles. The maximum absolute atomic E-state index is 10.6. The van der Waals surface area contributed by atoms with Gasteiger partial charge in [-0.3, -0.25) is 0 Å². The van der Waals surface area contributed by atoms with Crippen LogP contribution in [0.1, 0.15) is 52.0 Å². The summed E-state index contributed by atoms with van der Waals surface area (Å²) in [5.74, 6) is 0.843. The molecule has 0 saturated heterocycles. The predicted molar refractivity (Wildman–Crippen MR) is 83.6 cm³/mol. The highest BCUT2D eigenvalue weighted by molar-refractivity contribution is 5.37. The average Bonchev–Trinajstić information content (AvgIpc) is 2.79. The summed E-state index contributed by atoms with van der Waals surface area (Å²) in [6.07, 6.45) is 4.57. The van der Waals surface area contributed by atoms with Crippen molar-refractivity contribution in [2.24, 2.45) is 16.7 Å². The monoisotopic (exact) mass is 270 g/mol. The van der Waals surface area contributed by atoms with Gasteiger partial charge in [0.15, 0.2) is 0 Å². The van der Waals surface area contributed by atoms with Gasteiger partial charge in [-0.05, 0) is 35.7 Å². The third-order valence-corrected chi connectivity index (χ3v) is 5.99. The second-order valence-electron chi connectivity index (χ2n) is 7.51. The van der Waals surface area contributed by atoms with Gasteiger partial charge in [-0.1, -0.05) is 69.7 Å². The first kappa shape index (κ1) is 13.9. The Balaban J connectivity index is 1.99. The van der Waals surface area contributed by atoms with Crippen LogP contribution in [0.25, 0.3) is 0 Å². The highest BCUT2D eigenvalue weighted by Crippen LogP contribution is 2.66. The Labute approximate surface area is 122 Å². The molecule has 0 amide bonds. The van der Waals surface area contributed by atoms with Crippen LogP contribution in [0.5, 0.6) is 0 Å². The molecule has 2 fully saturated rings. The Morgan fingerprint density at radius 1 is 1.20 bits per heavy atom. The Morgan fingerprint density at radius 2 is 1.85 bits per heavy atom. The smallest absolute Gasteiger partial charge is 0.0667 e. The highest BCUT2D eigenvalue weighted by Gasteiger charge is 2.61. The van der Waals surface area contributed by atoms with Gasteiger partial charge >= 0.3 is 0 Å². The fourth-order valence-electron chi connectivity index (χ4n) is 4.70. The van der Waals surface area contributed by atoms with Crippen molar-refractivity contribution >= 4 is 0 Å². The third-order valence-electron chi connectivity index (χ3n) is 5.99. The van der Waals surface area contributed by atoms with Crippen LogP contribution >= 0.6 is 0 Å². The molecule has 108 valence electrons. The van der Waals surface area contributed by atoms with Crippen LogP contribution in [-0.2, 0) is 0 Å². The number of fused-ring (bicyclic) bond motifs is 2. The molecule has 2 bridgehead atoms. The lowest BCUT2D eigenvalue weighted by molar-refractivity contribution is 0.0752. The van der Waals surface area contributed by atoms with Gasteiger partial charge in [0.05, 0.1) is 6.10 Å². The second kappa shape index (κ2) is 4.46. The van der Waals surface area contributed by atoms with Gasteiger partial charge in [-0.15, -0.1) is 0 Å². The quantitative estimate of drug-likeness (QED) is 0.783. The van der Waals surface area contributed by atoms with E-state index in [0.717, 1.165) is 6.42 Å². The van der Waals surface area contributed by atoms with Gasteiger partial charge in [0, 0.05) is 5.41 Å². The van der Waals surface area contributed by atoms with Crippen LogP contribution in [-0.4, -0.2) is 11.2 Å². The molecule has 0 radical (unpaired) electrons. The second-order valence-corrected chi connectivity index (χ2v) is 7.51. The van der Waals surface area contributed by atoms with E-state index in [2.05, 4.69) is 64.1 Å². The van der Waals surface area contributed by atoms with Crippen LogP contribution in [0.15, 0.2) is 42.0 Å². The van der Waals surface area contributed by atoms with Crippen molar-refractivity contribution < 1.29 is 5.11 Å². The number of aliphatic hydroxyl groups is 1. The molecule has 0 aromatic heterocycles. The van der Waals surface area contributed by atoms with Crippen LogP contribution in [0.3, 0.4) is 0 Å². The fraction of sp³-hybridized carbons (Fsp3) is 0.579. The van der Waals surface area contributed by atoms with E-state index < -0.39 is 0 Å². The summed E-state index contributed by atoms with van der Waals surface area (Å²) in [5.41, 5.74) is 2.97. The number of allylic oxidation sites excluding steroid dienone is 1. The normalized spacial score (nSPS) is 38.4. The van der Waals surface area contributed by atoms with E-state index in [9.17, 15) is 5.11 Å². The number of hydrogen-bond donors (Lipinski definition) is 1. The van der Waals surface area contributed by atoms with Crippen molar-refractivity contribution in [1.29, 1.82) is 0 Å². The van der Waals surface area contributed by atoms with Crippen LogP contribution < -0.4 is 0 Å². The van der Waals surface area contributed by atoms with E-state index in [1.54, 1.807) is 0 Å². The zero-order valence-corrected chi connectivity index (χ0v) is 13.1. The van der Waals surface area contributed by atoms with E-state index >= 15 is 0 Å². The maximum atomic E-state index is 10.6. The summed E-state index contributed by atoms with van der Waals surface area (Å²) in [6, 6.07) is 10.7. The Hall–Kier alpha value is -1.08. The average molecular weight is 270 g/mol. The van der Waals surface area contributed by atoms with Crippen molar-refractivity contribution in [3.8, 4) is 0 Å². The minimum absolute atomic E-state index is 0.00277. The van der Waals surface area contributed by atoms with E-state index in [0.29, 0.717) is 11.8 Å². The fourth-order valence-corrected chi connectivity index (χ4v) is 4.70. The minimum Gasteiger partial charge on any atom is -0.392 e. The molecule has 1 nitrogen and oxygen atoms in total. The number of aliphatic hydroxyl groups excluding tert-OH is 1. The van der Waals surface area contributed by atoms with E-state index in [4.69, 9.17) is 0 Å². The summed E-state index contributed by atoms with van der Waals surface area (Å²) < 4.78 is 0. The summed E-state index contributed by atoms with van der Waals surface area (Å²) in [7, 11) is 0. The lowest BCUT2D eigenvalue weighted by Crippen LogP contribution is -2.27. The van der Waals surface area contributed by atoms with Crippen molar-refractivity contribution in [3.05, 3.63) is 47.5 Å². The van der Waals surface area contributed by atoms with Gasteiger partial charge in [-0.25, -0.2) is 0 Å². The molecule has 20 heavy (non-hydrogen) atoms. The molecule has 2 saturated carbocycles. The summed E-state index contributed by atoms with van der Waals surface area (Å²) in [5, 5.41) is 10.6. The predicted octanol–water partition coefficient (Wildman–Crippen LogP) is 4.53. The van der Waals surface area contributed by atoms with Crippen LogP contribution in [0.2, 0.25) is 0 Å².